The lowest BCUT2D eigenvalue weighted by Gasteiger charge is -2.35. The van der Waals surface area contributed by atoms with Gasteiger partial charge in [-0.2, -0.15) is 0 Å². The first-order valence-corrected chi connectivity index (χ1v) is 10.9. The van der Waals surface area contributed by atoms with Gasteiger partial charge >= 0.3 is 0 Å². The first-order chi connectivity index (χ1) is 15.6. The molecule has 1 fully saturated rings. The summed E-state index contributed by atoms with van der Waals surface area (Å²) in [4.78, 5) is 26.8. The van der Waals surface area contributed by atoms with Crippen molar-refractivity contribution in [3.8, 4) is 0 Å². The highest BCUT2D eigenvalue weighted by atomic mass is 35.5. The van der Waals surface area contributed by atoms with Gasteiger partial charge in [0.1, 0.15) is 5.84 Å². The molecule has 3 aromatic rings. The quantitative estimate of drug-likeness (QED) is 0.647. The second-order valence-corrected chi connectivity index (χ2v) is 8.33. The van der Waals surface area contributed by atoms with E-state index in [-0.39, 0.29) is 5.91 Å². The van der Waals surface area contributed by atoms with E-state index < -0.39 is 0 Å². The number of hydrogen-bond acceptors (Lipinski definition) is 6. The maximum Gasteiger partial charge on any atom is 0.271 e. The van der Waals surface area contributed by atoms with Gasteiger partial charge in [0, 0.05) is 49.2 Å². The number of halogens is 1. The van der Waals surface area contributed by atoms with Crippen LogP contribution in [-0.2, 0) is 0 Å². The average Bonchev–Trinajstić information content (AvgIpc) is 2.95. The number of benzene rings is 2. The minimum Gasteiger partial charge on any atom is -0.353 e. The molecule has 0 aliphatic carbocycles. The van der Waals surface area contributed by atoms with Crippen molar-refractivity contribution in [1.29, 1.82) is 0 Å². The smallest absolute Gasteiger partial charge is 0.271 e. The number of carbonyl (C=O) groups is 1. The molecule has 7 nitrogen and oxygen atoms in total. The molecular formula is C24H23ClN6O. The van der Waals surface area contributed by atoms with Crippen molar-refractivity contribution in [2.75, 3.05) is 38.2 Å². The van der Waals surface area contributed by atoms with Gasteiger partial charge in [-0.15, -0.1) is 0 Å². The Hall–Kier alpha value is -3.42. The van der Waals surface area contributed by atoms with E-state index in [9.17, 15) is 4.79 Å². The molecule has 3 heterocycles. The molecule has 2 aromatic carbocycles. The summed E-state index contributed by atoms with van der Waals surface area (Å²) in [5.74, 6) is 0.632. The lowest BCUT2D eigenvalue weighted by molar-refractivity contribution is 0.0953. The number of aromatic nitrogens is 1. The number of carbonyl (C=O) groups excluding carboxylic acids is 1. The zero-order chi connectivity index (χ0) is 22.1. The Kier molecular flexibility index (Phi) is 5.51. The molecule has 2 aliphatic rings. The van der Waals surface area contributed by atoms with E-state index in [0.29, 0.717) is 16.3 Å². The average molecular weight is 447 g/mol. The molecule has 1 aromatic heterocycles. The summed E-state index contributed by atoms with van der Waals surface area (Å²) < 4.78 is 0. The molecule has 1 saturated heterocycles. The number of anilines is 2. The molecular weight excluding hydrogens is 424 g/mol. The summed E-state index contributed by atoms with van der Waals surface area (Å²) >= 11 is 6.34. The number of amidine groups is 1. The van der Waals surface area contributed by atoms with Gasteiger partial charge in [0.25, 0.3) is 5.91 Å². The number of nitrogens with zero attached hydrogens (tertiary/aromatic N) is 5. The van der Waals surface area contributed by atoms with Crippen LogP contribution in [0, 0.1) is 0 Å². The fraction of sp³-hybridized carbons (Fsp3) is 0.208. The SMILES string of the molecule is CN1CCN(C2=Nc3cc(Cl)ccc3N(NC(=O)c3cccnc3)c3ccccc32)CC1. The number of rotatable bonds is 2. The van der Waals surface area contributed by atoms with Gasteiger partial charge in [0.15, 0.2) is 0 Å². The van der Waals surface area contributed by atoms with Crippen LogP contribution >= 0.6 is 11.6 Å². The van der Waals surface area contributed by atoms with Crippen LogP contribution in [-0.4, -0.2) is 59.8 Å². The van der Waals surface area contributed by atoms with Crippen LogP contribution in [0.1, 0.15) is 15.9 Å². The Labute approximate surface area is 191 Å². The van der Waals surface area contributed by atoms with Crippen LogP contribution in [0.15, 0.2) is 72.0 Å². The Morgan fingerprint density at radius 1 is 1.00 bits per heavy atom. The molecule has 0 saturated carbocycles. The number of aliphatic imine (C=N–C) groups is 1. The van der Waals surface area contributed by atoms with Gasteiger partial charge in [0.2, 0.25) is 0 Å². The Morgan fingerprint density at radius 2 is 1.81 bits per heavy atom. The number of nitrogens with one attached hydrogen (secondary N) is 1. The van der Waals surface area contributed by atoms with Gasteiger partial charge in [0.05, 0.1) is 22.6 Å². The van der Waals surface area contributed by atoms with E-state index in [1.807, 2.05) is 42.5 Å². The number of para-hydroxylation sites is 1. The van der Waals surface area contributed by atoms with E-state index >= 15 is 0 Å². The molecule has 0 atom stereocenters. The topological polar surface area (TPSA) is 64.1 Å². The molecule has 0 spiro atoms. The third-order valence-electron chi connectivity index (χ3n) is 5.73. The molecule has 0 radical (unpaired) electrons. The Bertz CT molecular complexity index is 1170. The van der Waals surface area contributed by atoms with Gasteiger partial charge in [-0.05, 0) is 49.5 Å². The molecule has 1 N–H and O–H groups in total. The monoisotopic (exact) mass is 446 g/mol. The molecule has 0 unspecified atom stereocenters. The molecule has 32 heavy (non-hydrogen) atoms. The molecule has 5 rings (SSSR count). The summed E-state index contributed by atoms with van der Waals surface area (Å²) in [5, 5.41) is 2.39. The first-order valence-electron chi connectivity index (χ1n) is 10.5. The van der Waals surface area contributed by atoms with Crippen LogP contribution in [0.5, 0.6) is 0 Å². The maximum atomic E-state index is 13.1. The van der Waals surface area contributed by atoms with Crippen LogP contribution in [0.3, 0.4) is 0 Å². The van der Waals surface area contributed by atoms with Crippen LogP contribution in [0.25, 0.3) is 0 Å². The van der Waals surface area contributed by atoms with Crippen molar-refractivity contribution in [2.24, 2.45) is 4.99 Å². The third-order valence-corrected chi connectivity index (χ3v) is 5.97. The largest absolute Gasteiger partial charge is 0.353 e. The zero-order valence-electron chi connectivity index (χ0n) is 17.7. The number of hydrazine groups is 1. The summed E-state index contributed by atoms with van der Waals surface area (Å²) in [6, 6.07) is 17.0. The van der Waals surface area contributed by atoms with Crippen LogP contribution in [0.4, 0.5) is 17.1 Å². The lowest BCUT2D eigenvalue weighted by Crippen LogP contribution is -2.47. The maximum absolute atomic E-state index is 13.1. The Balaban J connectivity index is 1.62. The van der Waals surface area contributed by atoms with Crippen LogP contribution in [0.2, 0.25) is 5.02 Å². The number of likely N-dealkylation sites (N-methyl/N-ethyl adjacent to an activating group) is 1. The number of piperazine rings is 1. The van der Waals surface area contributed by atoms with Gasteiger partial charge in [-0.1, -0.05) is 23.7 Å². The van der Waals surface area contributed by atoms with Gasteiger partial charge < -0.3 is 9.80 Å². The highest BCUT2D eigenvalue weighted by Crippen LogP contribution is 2.40. The lowest BCUT2D eigenvalue weighted by atomic mass is 10.1. The van der Waals surface area contributed by atoms with Crippen molar-refractivity contribution in [2.45, 2.75) is 0 Å². The van der Waals surface area contributed by atoms with Crippen molar-refractivity contribution >= 4 is 40.4 Å². The predicted molar refractivity (Wildman–Crippen MR) is 127 cm³/mol. The summed E-state index contributed by atoms with van der Waals surface area (Å²) in [6.07, 6.45) is 3.19. The van der Waals surface area contributed by atoms with E-state index in [0.717, 1.165) is 49.0 Å². The van der Waals surface area contributed by atoms with E-state index in [4.69, 9.17) is 16.6 Å². The van der Waals surface area contributed by atoms with Crippen molar-refractivity contribution in [3.63, 3.8) is 0 Å². The zero-order valence-corrected chi connectivity index (χ0v) is 18.5. The molecule has 0 bridgehead atoms. The normalized spacial score (nSPS) is 16.0. The molecule has 2 aliphatic heterocycles. The van der Waals surface area contributed by atoms with E-state index in [2.05, 4.69) is 27.3 Å². The minimum absolute atomic E-state index is 0.253. The first kappa shape index (κ1) is 20.5. The van der Waals surface area contributed by atoms with Crippen LogP contribution < -0.4 is 10.4 Å². The summed E-state index contributed by atoms with van der Waals surface area (Å²) in [7, 11) is 2.13. The molecule has 8 heteroatoms. The highest BCUT2D eigenvalue weighted by molar-refractivity contribution is 6.31. The predicted octanol–water partition coefficient (Wildman–Crippen LogP) is 3.86. The third kappa shape index (κ3) is 3.92. The van der Waals surface area contributed by atoms with Gasteiger partial charge in [-0.3, -0.25) is 20.2 Å². The van der Waals surface area contributed by atoms with Crippen molar-refractivity contribution in [1.82, 2.24) is 20.2 Å². The fourth-order valence-corrected chi connectivity index (χ4v) is 4.15. The standard InChI is InChI=1S/C24H23ClN6O/c1-29-11-13-30(14-12-29)23-19-6-2-3-7-21(19)31(22-9-8-18(25)15-20(22)27-23)28-24(32)17-5-4-10-26-16-17/h2-10,15-16H,11-14H2,1H3,(H,28,32). The summed E-state index contributed by atoms with van der Waals surface area (Å²) in [5.41, 5.74) is 6.79. The van der Waals surface area contributed by atoms with E-state index in [1.54, 1.807) is 29.5 Å². The number of pyridine rings is 1. The fourth-order valence-electron chi connectivity index (χ4n) is 3.98. The second-order valence-electron chi connectivity index (χ2n) is 7.89. The highest BCUT2D eigenvalue weighted by Gasteiger charge is 2.28. The Morgan fingerprint density at radius 3 is 2.59 bits per heavy atom. The number of fused-ring (bicyclic) bond motifs is 2. The minimum atomic E-state index is -0.253. The van der Waals surface area contributed by atoms with Crippen molar-refractivity contribution in [3.05, 3.63) is 83.1 Å². The second kappa shape index (κ2) is 8.61. The van der Waals surface area contributed by atoms with E-state index in [1.165, 1.54) is 0 Å². The van der Waals surface area contributed by atoms with Gasteiger partial charge in [-0.25, -0.2) is 4.99 Å². The number of hydrogen-bond donors (Lipinski definition) is 1. The molecule has 1 amide bonds. The number of amides is 1. The molecule has 162 valence electrons. The summed E-state index contributed by atoms with van der Waals surface area (Å²) in [6.45, 7) is 3.68. The van der Waals surface area contributed by atoms with Crippen molar-refractivity contribution < 1.29 is 4.79 Å².